The molecule has 2 heterocycles. The van der Waals surface area contributed by atoms with Gasteiger partial charge in [-0.25, -0.2) is 13.9 Å². The largest absolute Gasteiger partial charge is 0.481 e. The summed E-state index contributed by atoms with van der Waals surface area (Å²) in [5, 5.41) is 30.7. The fourth-order valence-corrected chi connectivity index (χ4v) is 8.86. The molecule has 0 aromatic carbocycles. The van der Waals surface area contributed by atoms with E-state index < -0.39 is 89.8 Å². The van der Waals surface area contributed by atoms with Gasteiger partial charge in [0.05, 0.1) is 19.3 Å². The van der Waals surface area contributed by atoms with Crippen LogP contribution in [0.25, 0.3) is 0 Å². The molecule has 0 aliphatic carbocycles. The second-order valence-corrected chi connectivity index (χ2v) is 20.1. The maximum absolute atomic E-state index is 12.8. The maximum atomic E-state index is 12.8. The molecule has 0 bridgehead atoms. The number of hydrogen-bond acceptors (Lipinski definition) is 16. The van der Waals surface area contributed by atoms with E-state index in [0.29, 0.717) is 25.7 Å². The number of carbonyl (C=O) groups is 2. The van der Waals surface area contributed by atoms with E-state index in [9.17, 15) is 48.6 Å². The Hall–Kier alpha value is -3.84. The number of aliphatic hydroxyl groups excluding tert-OH is 3. The highest BCUT2D eigenvalue weighted by Crippen LogP contribution is 2.60. The van der Waals surface area contributed by atoms with E-state index in [4.69, 9.17) is 29.0 Å². The average Bonchev–Trinajstić information content (AvgIpc) is 3.59. The molecule has 1 aromatic rings. The number of unbranched alkanes of at least 4 members (excludes halogenated alkanes) is 7. The lowest BCUT2D eigenvalue weighted by atomic mass is 9.99. The Balaban J connectivity index is 1.85. The Morgan fingerprint density at radius 1 is 0.814 bits per heavy atom. The summed E-state index contributed by atoms with van der Waals surface area (Å²) in [5.74, 6) is -0.678. The standard InChI is InChI=1S/C49H79N3O16P2/c1-4-6-24-30-40(53)31-26-21-17-12-10-8-7-9-11-13-18-22-27-32-44(54)63-36-41(66-45(55)33-28-23-19-15-14-16-20-25-29-39(3)5-2)37-64-69(59,60)68-70(61,62)65-38-42-46(56)47(57)48(67-42)52-35-34-43(50)51-49(52)58/h6,8-11,17-18,21-22,24,26,31,34-35,39-42,46-48,53,56-57H,4-5,7,12-16,19-20,23,25,27-30,32-33,36-38H2,1-3H3,(H,59,60)(H,61,62)(H2,50,51,58)/b10-8-,11-9-,21-17+,22-18-,24-6-,31-26+/t39?,40?,41-,42-,46-,47-,48-/m1/s1. The van der Waals surface area contributed by atoms with Gasteiger partial charge < -0.3 is 45.1 Å². The first kappa shape index (κ1) is 62.3. The molecule has 0 saturated carbocycles. The Kier molecular flexibility index (Phi) is 32.1. The minimum absolute atomic E-state index is 0.0165. The molecule has 1 aromatic heterocycles. The molecule has 0 radical (unpaired) electrons. The summed E-state index contributed by atoms with van der Waals surface area (Å²) in [6.45, 7) is 4.12. The lowest BCUT2D eigenvalue weighted by Crippen LogP contribution is -2.36. The molecular formula is C49H79N3O16P2. The van der Waals surface area contributed by atoms with Crippen LogP contribution in [-0.4, -0.2) is 96.9 Å². The number of aliphatic hydroxyl groups is 3. The minimum Gasteiger partial charge on any atom is -0.462 e. The normalized spacial score (nSPS) is 20.8. The van der Waals surface area contributed by atoms with E-state index in [1.807, 2.05) is 73.8 Å². The van der Waals surface area contributed by atoms with Gasteiger partial charge in [-0.05, 0) is 56.9 Å². The number of allylic oxidation sites excluding steroid dienone is 10. The van der Waals surface area contributed by atoms with Crippen LogP contribution in [0.1, 0.15) is 143 Å². The summed E-state index contributed by atoms with van der Waals surface area (Å²) >= 11 is 0. The number of carbonyl (C=O) groups excluding carboxylic acids is 2. The van der Waals surface area contributed by atoms with E-state index in [2.05, 4.69) is 23.1 Å². The van der Waals surface area contributed by atoms with Gasteiger partial charge in [0.1, 0.15) is 30.7 Å². The van der Waals surface area contributed by atoms with E-state index in [1.54, 1.807) is 6.08 Å². The zero-order chi connectivity index (χ0) is 51.6. The molecule has 0 amide bonds. The quantitative estimate of drug-likeness (QED) is 0.0119. The summed E-state index contributed by atoms with van der Waals surface area (Å²) in [4.78, 5) is 61.8. The predicted octanol–water partition coefficient (Wildman–Crippen LogP) is 8.55. The molecule has 396 valence electrons. The van der Waals surface area contributed by atoms with E-state index in [-0.39, 0.29) is 18.7 Å². The number of nitrogens with two attached hydrogens (primary N) is 1. The predicted molar refractivity (Wildman–Crippen MR) is 267 cm³/mol. The minimum atomic E-state index is -5.44. The highest BCUT2D eigenvalue weighted by Gasteiger charge is 2.46. The highest BCUT2D eigenvalue weighted by molar-refractivity contribution is 7.61. The molecular weight excluding hydrogens is 948 g/mol. The number of esters is 2. The van der Waals surface area contributed by atoms with Gasteiger partial charge in [-0.15, -0.1) is 0 Å². The number of rotatable bonds is 38. The van der Waals surface area contributed by atoms with Gasteiger partial charge in [-0.1, -0.05) is 151 Å². The fraction of sp³-hybridized carbons (Fsp3) is 0.633. The first-order chi connectivity index (χ1) is 33.5. The van der Waals surface area contributed by atoms with Crippen LogP contribution in [0.2, 0.25) is 0 Å². The third-order valence-corrected chi connectivity index (χ3v) is 13.5. The fourth-order valence-electron chi connectivity index (χ4n) is 6.75. The van der Waals surface area contributed by atoms with E-state index in [1.165, 1.54) is 38.2 Å². The zero-order valence-corrected chi connectivity index (χ0v) is 42.9. The number of hydrogen-bond donors (Lipinski definition) is 6. The maximum Gasteiger partial charge on any atom is 0.481 e. The lowest BCUT2D eigenvalue weighted by molar-refractivity contribution is -0.161. The van der Waals surface area contributed by atoms with Crippen molar-refractivity contribution in [3.63, 3.8) is 0 Å². The van der Waals surface area contributed by atoms with Crippen molar-refractivity contribution in [1.29, 1.82) is 0 Å². The first-order valence-corrected chi connectivity index (χ1v) is 27.4. The van der Waals surface area contributed by atoms with Gasteiger partial charge in [0.2, 0.25) is 0 Å². The summed E-state index contributed by atoms with van der Waals surface area (Å²) in [5.41, 5.74) is 4.57. The topological polar surface area (TPSA) is 286 Å². The van der Waals surface area contributed by atoms with Crippen molar-refractivity contribution < 1.29 is 71.4 Å². The Morgan fingerprint density at radius 2 is 1.44 bits per heavy atom. The molecule has 1 aliphatic heterocycles. The molecule has 2 rings (SSSR count). The number of phosphoric ester groups is 2. The molecule has 1 aliphatic rings. The average molecular weight is 1030 g/mol. The van der Waals surface area contributed by atoms with E-state index >= 15 is 0 Å². The lowest BCUT2D eigenvalue weighted by Gasteiger charge is -2.21. The van der Waals surface area contributed by atoms with Crippen molar-refractivity contribution >= 4 is 33.4 Å². The van der Waals surface area contributed by atoms with Gasteiger partial charge in [0, 0.05) is 19.0 Å². The smallest absolute Gasteiger partial charge is 0.462 e. The van der Waals surface area contributed by atoms with Crippen LogP contribution in [0.15, 0.2) is 90.0 Å². The van der Waals surface area contributed by atoms with Crippen LogP contribution in [0.5, 0.6) is 0 Å². The van der Waals surface area contributed by atoms with Gasteiger partial charge in [0.25, 0.3) is 0 Å². The first-order valence-electron chi connectivity index (χ1n) is 24.5. The number of nitrogen functional groups attached to an aromatic ring is 1. The Bertz CT molecular complexity index is 1990. The number of nitrogens with zero attached hydrogens (tertiary/aromatic N) is 2. The van der Waals surface area contributed by atoms with Crippen molar-refractivity contribution in [2.24, 2.45) is 5.92 Å². The molecule has 4 unspecified atom stereocenters. The van der Waals surface area contributed by atoms with Crippen molar-refractivity contribution in [2.45, 2.75) is 173 Å². The second-order valence-electron chi connectivity index (χ2n) is 17.0. The number of ether oxygens (including phenoxy) is 3. The van der Waals surface area contributed by atoms with Crippen molar-refractivity contribution in [3.8, 4) is 0 Å². The number of aromatic nitrogens is 2. The third kappa shape index (κ3) is 28.9. The van der Waals surface area contributed by atoms with Gasteiger partial charge >= 0.3 is 33.3 Å². The molecule has 1 fully saturated rings. The zero-order valence-electron chi connectivity index (χ0n) is 41.1. The molecule has 7 N–H and O–H groups in total. The number of anilines is 1. The summed E-state index contributed by atoms with van der Waals surface area (Å²) in [6.07, 6.45) is 30.7. The van der Waals surface area contributed by atoms with Crippen LogP contribution in [-0.2, 0) is 46.3 Å². The molecule has 9 atom stereocenters. The van der Waals surface area contributed by atoms with Crippen LogP contribution in [0, 0.1) is 5.92 Å². The number of phosphoric acid groups is 2. The SMILES string of the molecule is CC/C=C\CC(O)/C=C/C=C/C/C=C\C/C=C\C/C=C\CCC(=O)OC[C@H](COP(=O)(O)OP(=O)(O)OC[C@H]1O[C@@H](n2ccc(N)nc2=O)[C@H](O)[C@@H]1O)OC(=O)CCCCCCCCCCC(C)CC. The third-order valence-electron chi connectivity index (χ3n) is 10.9. The molecule has 1 saturated heterocycles. The Morgan fingerprint density at radius 3 is 2.10 bits per heavy atom. The van der Waals surface area contributed by atoms with Crippen LogP contribution < -0.4 is 11.4 Å². The monoisotopic (exact) mass is 1030 g/mol. The van der Waals surface area contributed by atoms with Gasteiger partial charge in [-0.3, -0.25) is 23.2 Å². The second kappa shape index (κ2) is 36.1. The Labute approximate surface area is 413 Å². The van der Waals surface area contributed by atoms with Crippen molar-refractivity contribution in [1.82, 2.24) is 9.55 Å². The van der Waals surface area contributed by atoms with Crippen molar-refractivity contribution in [2.75, 3.05) is 25.6 Å². The van der Waals surface area contributed by atoms with Crippen molar-refractivity contribution in [3.05, 3.63) is 95.7 Å². The molecule has 0 spiro atoms. The van der Waals surface area contributed by atoms with Crippen LogP contribution in [0.4, 0.5) is 5.82 Å². The summed E-state index contributed by atoms with van der Waals surface area (Å²) in [7, 11) is -10.9. The van der Waals surface area contributed by atoms with Gasteiger partial charge in [-0.2, -0.15) is 9.29 Å². The van der Waals surface area contributed by atoms with Gasteiger partial charge in [0.15, 0.2) is 12.3 Å². The molecule has 21 heteroatoms. The highest BCUT2D eigenvalue weighted by atomic mass is 31.3. The summed E-state index contributed by atoms with van der Waals surface area (Å²) < 4.78 is 56.6. The summed E-state index contributed by atoms with van der Waals surface area (Å²) in [6, 6.07) is 1.24. The van der Waals surface area contributed by atoms with Crippen LogP contribution >= 0.6 is 15.6 Å². The molecule has 70 heavy (non-hydrogen) atoms. The molecule has 19 nitrogen and oxygen atoms in total. The van der Waals surface area contributed by atoms with Crippen LogP contribution in [0.3, 0.4) is 0 Å². The van der Waals surface area contributed by atoms with E-state index in [0.717, 1.165) is 61.6 Å².